The van der Waals surface area contributed by atoms with Gasteiger partial charge in [-0.25, -0.2) is 23.7 Å². The Morgan fingerprint density at radius 2 is 2.10 bits per heavy atom. The molecule has 0 atom stereocenters. The predicted octanol–water partition coefficient (Wildman–Crippen LogP) is 3.48. The Morgan fingerprint density at radius 1 is 1.33 bits per heavy atom. The van der Waals surface area contributed by atoms with Crippen LogP contribution in [0, 0.1) is 12.7 Å². The van der Waals surface area contributed by atoms with Crippen molar-refractivity contribution in [2.24, 2.45) is 0 Å². The van der Waals surface area contributed by atoms with Crippen LogP contribution < -0.4 is 19.8 Å². The summed E-state index contributed by atoms with van der Waals surface area (Å²) < 4.78 is 30.8. The molecular weight excluding hydrogens is 411 g/mol. The van der Waals surface area contributed by atoms with Crippen molar-refractivity contribution < 1.29 is 18.3 Å². The lowest BCUT2D eigenvalue weighted by Crippen LogP contribution is -2.25. The summed E-state index contributed by atoms with van der Waals surface area (Å²) in [4.78, 5) is 29.7. The monoisotopic (exact) mass is 432 g/mol. The summed E-state index contributed by atoms with van der Waals surface area (Å²) >= 11 is 1.27. The number of pyridine rings is 1. The molecule has 3 rings (SSSR count). The van der Waals surface area contributed by atoms with Crippen LogP contribution in [0.5, 0.6) is 5.75 Å². The molecule has 0 saturated heterocycles. The fourth-order valence-corrected chi connectivity index (χ4v) is 3.12. The summed E-state index contributed by atoms with van der Waals surface area (Å²) in [5, 5.41) is 0.435. The zero-order valence-electron chi connectivity index (χ0n) is 16.9. The van der Waals surface area contributed by atoms with Gasteiger partial charge in [-0.1, -0.05) is 0 Å². The highest BCUT2D eigenvalue weighted by Gasteiger charge is 2.18. The van der Waals surface area contributed by atoms with Crippen molar-refractivity contribution in [2.45, 2.75) is 13.3 Å². The largest absolute Gasteiger partial charge is 0.422 e. The number of carbonyl (C=O) groups excluding carboxylic acids is 1. The van der Waals surface area contributed by atoms with Crippen LogP contribution in [0.25, 0.3) is 11.0 Å². The Morgan fingerprint density at radius 3 is 2.80 bits per heavy atom. The molecule has 2 N–H and O–H groups in total. The Balaban J connectivity index is 1.97. The molecule has 1 amide bonds. The summed E-state index contributed by atoms with van der Waals surface area (Å²) in [6.07, 6.45) is 1.20. The maximum atomic E-state index is 14.5. The second-order valence-electron chi connectivity index (χ2n) is 6.67. The third-order valence-electron chi connectivity index (χ3n) is 4.37. The molecule has 2 aromatic heterocycles. The first kappa shape index (κ1) is 21.6. The third-order valence-corrected chi connectivity index (χ3v) is 4.88. The fourth-order valence-electron chi connectivity index (χ4n) is 2.81. The summed E-state index contributed by atoms with van der Waals surface area (Å²) in [6, 6.07) is 6.03. The number of aryl methyl sites for hydroxylation is 1. The molecule has 0 saturated carbocycles. The van der Waals surface area contributed by atoms with Gasteiger partial charge in [-0.05, 0) is 43.3 Å². The standard InChI is InChI=1S/C20H21FN4O4S/c1-11-13-9-15(21)17(29-20(27)25(3)4)10-16(13)28-19(26)14(11)7-12-5-6-23-18(8-12)24-30-22-2/h5-6,8-10,22H,7H2,1-4H3,(H,23,24). The van der Waals surface area contributed by atoms with Gasteiger partial charge >= 0.3 is 11.7 Å². The van der Waals surface area contributed by atoms with Gasteiger partial charge in [0.2, 0.25) is 0 Å². The van der Waals surface area contributed by atoms with E-state index in [0.29, 0.717) is 28.8 Å². The van der Waals surface area contributed by atoms with Crippen LogP contribution in [0.3, 0.4) is 0 Å². The molecule has 30 heavy (non-hydrogen) atoms. The first-order valence-electron chi connectivity index (χ1n) is 8.98. The van der Waals surface area contributed by atoms with E-state index in [-0.39, 0.29) is 11.3 Å². The summed E-state index contributed by atoms with van der Waals surface area (Å²) in [6.45, 7) is 1.73. The van der Waals surface area contributed by atoms with Crippen LogP contribution >= 0.6 is 12.1 Å². The van der Waals surface area contributed by atoms with Gasteiger partial charge in [-0.2, -0.15) is 0 Å². The molecule has 158 valence electrons. The second kappa shape index (κ2) is 9.14. The number of fused-ring (bicyclic) bond motifs is 1. The molecule has 0 aliphatic heterocycles. The average Bonchev–Trinajstić information content (AvgIpc) is 2.71. The number of hydrogen-bond donors (Lipinski definition) is 2. The van der Waals surface area contributed by atoms with Crippen LogP contribution in [0.2, 0.25) is 0 Å². The number of rotatable bonds is 6. The molecule has 0 aliphatic rings. The van der Waals surface area contributed by atoms with E-state index in [1.165, 1.54) is 43.3 Å². The Labute approximate surface area is 176 Å². The maximum Gasteiger partial charge on any atom is 0.414 e. The number of ether oxygens (including phenoxy) is 1. The number of nitrogens with zero attached hydrogens (tertiary/aromatic N) is 2. The van der Waals surface area contributed by atoms with E-state index in [4.69, 9.17) is 9.15 Å². The minimum absolute atomic E-state index is 0.145. The highest BCUT2D eigenvalue weighted by atomic mass is 32.2. The quantitative estimate of drug-likeness (QED) is 0.451. The minimum Gasteiger partial charge on any atom is -0.422 e. The van der Waals surface area contributed by atoms with Gasteiger partial charge in [0.15, 0.2) is 11.6 Å². The molecule has 0 radical (unpaired) electrons. The molecule has 8 nitrogen and oxygen atoms in total. The number of carbonyl (C=O) groups is 1. The van der Waals surface area contributed by atoms with E-state index in [9.17, 15) is 14.0 Å². The Bertz CT molecular complexity index is 1150. The Hall–Kier alpha value is -3.11. The van der Waals surface area contributed by atoms with Gasteiger partial charge in [0.1, 0.15) is 11.4 Å². The zero-order chi connectivity index (χ0) is 21.8. The van der Waals surface area contributed by atoms with Crippen LogP contribution in [0.4, 0.5) is 15.0 Å². The van der Waals surface area contributed by atoms with Crippen molar-refractivity contribution in [2.75, 3.05) is 25.9 Å². The van der Waals surface area contributed by atoms with Crippen LogP contribution in [0.1, 0.15) is 16.7 Å². The van der Waals surface area contributed by atoms with E-state index in [1.54, 1.807) is 26.2 Å². The van der Waals surface area contributed by atoms with Gasteiger partial charge in [-0.3, -0.25) is 0 Å². The first-order chi connectivity index (χ1) is 14.3. The van der Waals surface area contributed by atoms with E-state index in [2.05, 4.69) is 14.4 Å². The van der Waals surface area contributed by atoms with Gasteiger partial charge < -0.3 is 18.8 Å². The number of halogens is 1. The number of nitrogens with one attached hydrogen (secondary N) is 2. The lowest BCUT2D eigenvalue weighted by Gasteiger charge is -2.13. The highest BCUT2D eigenvalue weighted by molar-refractivity contribution is 7.98. The second-order valence-corrected chi connectivity index (χ2v) is 7.49. The third kappa shape index (κ3) is 4.71. The van der Waals surface area contributed by atoms with E-state index < -0.39 is 17.5 Å². The van der Waals surface area contributed by atoms with Gasteiger partial charge in [0.05, 0.1) is 0 Å². The molecule has 0 unspecified atom stereocenters. The Kier molecular flexibility index (Phi) is 6.58. The molecule has 3 aromatic rings. The normalized spacial score (nSPS) is 10.8. The van der Waals surface area contributed by atoms with Crippen molar-refractivity contribution in [1.29, 1.82) is 0 Å². The summed E-state index contributed by atoms with van der Waals surface area (Å²) in [7, 11) is 4.74. The molecule has 0 fully saturated rings. The zero-order valence-corrected chi connectivity index (χ0v) is 17.7. The molecule has 1 aromatic carbocycles. The van der Waals surface area contributed by atoms with Gasteiger partial charge in [0, 0.05) is 55.9 Å². The lowest BCUT2D eigenvalue weighted by molar-refractivity contribution is 0.170. The van der Waals surface area contributed by atoms with Gasteiger partial charge in [0.25, 0.3) is 0 Å². The summed E-state index contributed by atoms with van der Waals surface area (Å²) in [5.41, 5.74) is 1.47. The van der Waals surface area contributed by atoms with Crippen molar-refractivity contribution in [3.63, 3.8) is 0 Å². The molecule has 0 aliphatic carbocycles. The molecular formula is C20H21FN4O4S. The van der Waals surface area contributed by atoms with E-state index in [1.807, 2.05) is 6.07 Å². The van der Waals surface area contributed by atoms with Crippen molar-refractivity contribution >= 4 is 35.0 Å². The molecule has 0 bridgehead atoms. The SMILES string of the molecule is CNSNc1cc(Cc2c(C)c3cc(F)c(OC(=O)N(C)C)cc3oc2=O)ccn1. The van der Waals surface area contributed by atoms with Crippen molar-refractivity contribution in [3.8, 4) is 5.75 Å². The molecule has 10 heteroatoms. The van der Waals surface area contributed by atoms with Gasteiger partial charge in [-0.15, -0.1) is 0 Å². The highest BCUT2D eigenvalue weighted by Crippen LogP contribution is 2.28. The minimum atomic E-state index is -0.734. The number of anilines is 1. The topological polar surface area (TPSA) is 96.7 Å². The van der Waals surface area contributed by atoms with Crippen LogP contribution in [-0.4, -0.2) is 37.1 Å². The maximum absolute atomic E-state index is 14.5. The van der Waals surface area contributed by atoms with Crippen molar-refractivity contribution in [1.82, 2.24) is 14.6 Å². The van der Waals surface area contributed by atoms with E-state index >= 15 is 0 Å². The predicted molar refractivity (Wildman–Crippen MR) is 114 cm³/mol. The average molecular weight is 432 g/mol. The van der Waals surface area contributed by atoms with E-state index in [0.717, 1.165) is 5.56 Å². The molecule has 2 heterocycles. The van der Waals surface area contributed by atoms with Crippen LogP contribution in [-0.2, 0) is 6.42 Å². The van der Waals surface area contributed by atoms with Crippen LogP contribution in [0.15, 0.2) is 39.7 Å². The molecule has 0 spiro atoms. The number of amides is 1. The number of aromatic nitrogens is 1. The fraction of sp³-hybridized carbons (Fsp3) is 0.250. The smallest absolute Gasteiger partial charge is 0.414 e. The first-order valence-corrected chi connectivity index (χ1v) is 9.80. The lowest BCUT2D eigenvalue weighted by atomic mass is 10.00. The number of hydrogen-bond acceptors (Lipinski definition) is 8. The number of benzene rings is 1. The van der Waals surface area contributed by atoms with Crippen molar-refractivity contribution in [3.05, 3.63) is 63.4 Å². The summed E-state index contributed by atoms with van der Waals surface area (Å²) in [5.74, 6) is -0.392.